The van der Waals surface area contributed by atoms with Crippen molar-refractivity contribution in [2.75, 3.05) is 35.1 Å². The summed E-state index contributed by atoms with van der Waals surface area (Å²) in [4.78, 5) is 14.8. The summed E-state index contributed by atoms with van der Waals surface area (Å²) >= 11 is 0. The highest BCUT2D eigenvalue weighted by Crippen LogP contribution is 2.23. The Labute approximate surface area is 173 Å². The van der Waals surface area contributed by atoms with E-state index >= 15 is 0 Å². The maximum absolute atomic E-state index is 12.5. The van der Waals surface area contributed by atoms with Crippen molar-refractivity contribution in [2.45, 2.75) is 33.2 Å². The number of carbonyl (C=O) groups excluding carboxylic acids is 1. The number of rotatable bonds is 7. The number of amides is 1. The molecule has 0 radical (unpaired) electrons. The van der Waals surface area contributed by atoms with Crippen molar-refractivity contribution in [3.8, 4) is 0 Å². The van der Waals surface area contributed by atoms with E-state index in [1.54, 1.807) is 6.07 Å². The van der Waals surface area contributed by atoms with E-state index in [4.69, 9.17) is 0 Å². The lowest BCUT2D eigenvalue weighted by Gasteiger charge is -2.24. The molecule has 3 rings (SSSR count). The Bertz CT molecular complexity index is 965. The number of nitrogens with one attached hydrogen (secondary N) is 1. The zero-order valence-electron chi connectivity index (χ0n) is 17.3. The van der Waals surface area contributed by atoms with Gasteiger partial charge < -0.3 is 10.2 Å². The fraction of sp³-hybridized carbons (Fsp3) is 0.409. The van der Waals surface area contributed by atoms with Gasteiger partial charge in [0.1, 0.15) is 6.54 Å². The molecule has 1 N–H and O–H groups in total. The summed E-state index contributed by atoms with van der Waals surface area (Å²) in [6.45, 7) is 6.10. The van der Waals surface area contributed by atoms with Gasteiger partial charge in [-0.15, -0.1) is 0 Å². The summed E-state index contributed by atoms with van der Waals surface area (Å²) < 4.78 is 25.7. The monoisotopic (exact) mass is 415 g/mol. The summed E-state index contributed by atoms with van der Waals surface area (Å²) in [5.41, 5.74) is 4.58. The molecule has 1 aliphatic heterocycles. The summed E-state index contributed by atoms with van der Waals surface area (Å²) in [7, 11) is -3.58. The van der Waals surface area contributed by atoms with Gasteiger partial charge in [0.2, 0.25) is 15.9 Å². The molecule has 7 heteroatoms. The van der Waals surface area contributed by atoms with Crippen LogP contribution < -0.4 is 14.5 Å². The van der Waals surface area contributed by atoms with Gasteiger partial charge in [-0.2, -0.15) is 0 Å². The van der Waals surface area contributed by atoms with Gasteiger partial charge in [-0.25, -0.2) is 8.42 Å². The second-order valence-electron chi connectivity index (χ2n) is 7.70. The van der Waals surface area contributed by atoms with E-state index in [1.807, 2.05) is 38.1 Å². The van der Waals surface area contributed by atoms with Gasteiger partial charge >= 0.3 is 0 Å². The first kappa shape index (κ1) is 21.2. The van der Waals surface area contributed by atoms with E-state index in [1.165, 1.54) is 18.5 Å². The SMILES string of the molecule is Cc1ccc(N(CC(=O)NCc2ccc(N3CCCC3)cc2)S(C)(=O)=O)c(C)c1. The Morgan fingerprint density at radius 3 is 2.31 bits per heavy atom. The van der Waals surface area contributed by atoms with Crippen LogP contribution in [-0.2, 0) is 21.4 Å². The van der Waals surface area contributed by atoms with Crippen molar-refractivity contribution in [2.24, 2.45) is 0 Å². The highest BCUT2D eigenvalue weighted by atomic mass is 32.2. The lowest BCUT2D eigenvalue weighted by Crippen LogP contribution is -2.40. The van der Waals surface area contributed by atoms with Crippen molar-refractivity contribution in [1.82, 2.24) is 5.32 Å². The fourth-order valence-electron chi connectivity index (χ4n) is 3.65. The van der Waals surface area contributed by atoms with Gasteiger partial charge in [-0.05, 0) is 56.0 Å². The molecule has 156 valence electrons. The van der Waals surface area contributed by atoms with Crippen LogP contribution in [0.15, 0.2) is 42.5 Å². The van der Waals surface area contributed by atoms with Crippen LogP contribution in [0.2, 0.25) is 0 Å². The first-order valence-electron chi connectivity index (χ1n) is 9.89. The molecule has 6 nitrogen and oxygen atoms in total. The maximum Gasteiger partial charge on any atom is 0.241 e. The Morgan fingerprint density at radius 2 is 1.72 bits per heavy atom. The minimum absolute atomic E-state index is 0.241. The molecule has 0 spiro atoms. The molecular formula is C22H29N3O3S. The van der Waals surface area contributed by atoms with E-state index in [0.717, 1.165) is 40.3 Å². The van der Waals surface area contributed by atoms with Crippen molar-refractivity contribution in [1.29, 1.82) is 0 Å². The standard InChI is InChI=1S/C22H29N3O3S/c1-17-6-11-21(18(2)14-17)25(29(3,27)28)16-22(26)23-15-19-7-9-20(10-8-19)24-12-4-5-13-24/h6-11,14H,4-5,12-13,15-16H2,1-3H3,(H,23,26). The lowest BCUT2D eigenvalue weighted by molar-refractivity contribution is -0.119. The van der Waals surface area contributed by atoms with Crippen LogP contribution in [0.1, 0.15) is 29.5 Å². The average molecular weight is 416 g/mol. The highest BCUT2D eigenvalue weighted by Gasteiger charge is 2.22. The summed E-state index contributed by atoms with van der Waals surface area (Å²) in [5.74, 6) is -0.334. The molecule has 2 aromatic carbocycles. The summed E-state index contributed by atoms with van der Waals surface area (Å²) in [6.07, 6.45) is 3.58. The van der Waals surface area contributed by atoms with E-state index in [0.29, 0.717) is 12.2 Å². The van der Waals surface area contributed by atoms with Crippen LogP contribution in [0.3, 0.4) is 0 Å². The number of hydrogen-bond donors (Lipinski definition) is 1. The molecule has 0 atom stereocenters. The molecule has 1 heterocycles. The summed E-state index contributed by atoms with van der Waals surface area (Å²) in [5, 5.41) is 2.83. The maximum atomic E-state index is 12.5. The predicted molar refractivity (Wildman–Crippen MR) is 118 cm³/mol. The Morgan fingerprint density at radius 1 is 1.07 bits per heavy atom. The van der Waals surface area contributed by atoms with Crippen LogP contribution >= 0.6 is 0 Å². The van der Waals surface area contributed by atoms with Crippen molar-refractivity contribution >= 4 is 27.3 Å². The summed E-state index contributed by atoms with van der Waals surface area (Å²) in [6, 6.07) is 13.7. The van der Waals surface area contributed by atoms with Crippen molar-refractivity contribution in [3.63, 3.8) is 0 Å². The topological polar surface area (TPSA) is 69.7 Å². The van der Waals surface area contributed by atoms with Gasteiger partial charge in [0.05, 0.1) is 11.9 Å². The molecule has 0 saturated carbocycles. The van der Waals surface area contributed by atoms with Gasteiger partial charge in [0.25, 0.3) is 0 Å². The second-order valence-corrected chi connectivity index (χ2v) is 9.60. The molecule has 0 unspecified atom stereocenters. The van der Waals surface area contributed by atoms with Crippen LogP contribution in [0.25, 0.3) is 0 Å². The third-order valence-electron chi connectivity index (χ3n) is 5.21. The van der Waals surface area contributed by atoms with Crippen molar-refractivity contribution in [3.05, 3.63) is 59.2 Å². The minimum Gasteiger partial charge on any atom is -0.372 e. The zero-order valence-corrected chi connectivity index (χ0v) is 18.1. The second kappa shape index (κ2) is 8.86. The van der Waals surface area contributed by atoms with E-state index < -0.39 is 10.0 Å². The normalized spacial score (nSPS) is 14.1. The molecule has 1 saturated heterocycles. The van der Waals surface area contributed by atoms with Gasteiger partial charge in [-0.3, -0.25) is 9.10 Å². The van der Waals surface area contributed by atoms with Gasteiger partial charge in [-0.1, -0.05) is 29.8 Å². The van der Waals surface area contributed by atoms with Crippen LogP contribution in [-0.4, -0.2) is 40.2 Å². The third kappa shape index (κ3) is 5.50. The Hall–Kier alpha value is -2.54. The van der Waals surface area contributed by atoms with Gasteiger partial charge in [0, 0.05) is 25.3 Å². The average Bonchev–Trinajstić information content (AvgIpc) is 3.19. The number of sulfonamides is 1. The molecule has 1 aliphatic rings. The number of hydrogen-bond acceptors (Lipinski definition) is 4. The molecule has 1 fully saturated rings. The van der Waals surface area contributed by atoms with Crippen LogP contribution in [0.4, 0.5) is 11.4 Å². The molecule has 1 amide bonds. The fourth-order valence-corrected chi connectivity index (χ4v) is 4.57. The lowest BCUT2D eigenvalue weighted by atomic mass is 10.1. The first-order chi connectivity index (χ1) is 13.7. The number of anilines is 2. The molecule has 2 aromatic rings. The van der Waals surface area contributed by atoms with Gasteiger partial charge in [0.15, 0.2) is 0 Å². The molecule has 0 aromatic heterocycles. The quantitative estimate of drug-likeness (QED) is 0.755. The number of aryl methyl sites for hydroxylation is 2. The van der Waals surface area contributed by atoms with Crippen molar-refractivity contribution < 1.29 is 13.2 Å². The molecule has 0 bridgehead atoms. The molecule has 29 heavy (non-hydrogen) atoms. The van der Waals surface area contributed by atoms with E-state index in [2.05, 4.69) is 22.3 Å². The third-order valence-corrected chi connectivity index (χ3v) is 6.33. The minimum atomic E-state index is -3.58. The predicted octanol–water partition coefficient (Wildman–Crippen LogP) is 2.99. The largest absolute Gasteiger partial charge is 0.372 e. The van der Waals surface area contributed by atoms with E-state index in [9.17, 15) is 13.2 Å². The Kier molecular flexibility index (Phi) is 6.47. The molecule has 0 aliphatic carbocycles. The van der Waals surface area contributed by atoms with E-state index in [-0.39, 0.29) is 12.5 Å². The number of nitrogens with zero attached hydrogens (tertiary/aromatic N) is 2. The van der Waals surface area contributed by atoms with Crippen LogP contribution in [0.5, 0.6) is 0 Å². The molecular weight excluding hydrogens is 386 g/mol. The zero-order chi connectivity index (χ0) is 21.0. The first-order valence-corrected chi connectivity index (χ1v) is 11.7. The number of benzene rings is 2. The Balaban J connectivity index is 1.63. The number of carbonyl (C=O) groups is 1. The smallest absolute Gasteiger partial charge is 0.241 e. The highest BCUT2D eigenvalue weighted by molar-refractivity contribution is 7.92. The van der Waals surface area contributed by atoms with Crippen LogP contribution in [0, 0.1) is 13.8 Å².